The van der Waals surface area contributed by atoms with Gasteiger partial charge in [-0.05, 0) is 6.42 Å². The number of aryl methyl sites for hydroxylation is 1. The van der Waals surface area contributed by atoms with Crippen LogP contribution in [0.5, 0.6) is 5.75 Å². The monoisotopic (exact) mass is 209 g/mol. The van der Waals surface area contributed by atoms with E-state index in [-0.39, 0.29) is 11.4 Å². The molecule has 0 bridgehead atoms. The Morgan fingerprint density at radius 3 is 2.80 bits per heavy atom. The first kappa shape index (κ1) is 11.2. The van der Waals surface area contributed by atoms with Crippen LogP contribution in [0.25, 0.3) is 0 Å². The van der Waals surface area contributed by atoms with Crippen molar-refractivity contribution in [3.8, 4) is 5.75 Å². The Balaban J connectivity index is 3.09. The summed E-state index contributed by atoms with van der Waals surface area (Å²) >= 11 is 0. The molecule has 80 valence electrons. The zero-order valence-corrected chi connectivity index (χ0v) is 8.30. The lowest BCUT2D eigenvalue weighted by molar-refractivity contribution is -0.385. The topological polar surface area (TPSA) is 69.4 Å². The SMILES string of the molecule is COc1c(CCC=O)cccc1[N+](=O)[O-]. The second-order valence-electron chi connectivity index (χ2n) is 2.93. The van der Waals surface area contributed by atoms with Crippen LogP contribution in [0.15, 0.2) is 18.2 Å². The average molecular weight is 209 g/mol. The maximum absolute atomic E-state index is 10.7. The fraction of sp³-hybridized carbons (Fsp3) is 0.300. The molecule has 1 rings (SSSR count). The Morgan fingerprint density at radius 2 is 2.27 bits per heavy atom. The summed E-state index contributed by atoms with van der Waals surface area (Å²) in [6, 6.07) is 4.68. The van der Waals surface area contributed by atoms with Gasteiger partial charge in [-0.2, -0.15) is 0 Å². The predicted molar refractivity (Wildman–Crippen MR) is 54.0 cm³/mol. The molecule has 0 aliphatic carbocycles. The Morgan fingerprint density at radius 1 is 1.53 bits per heavy atom. The minimum absolute atomic E-state index is 0.0686. The number of hydrogen-bond acceptors (Lipinski definition) is 4. The molecule has 0 saturated carbocycles. The molecule has 0 spiro atoms. The van der Waals surface area contributed by atoms with Crippen LogP contribution in [0, 0.1) is 10.1 Å². The van der Waals surface area contributed by atoms with Crippen molar-refractivity contribution in [2.75, 3.05) is 7.11 Å². The molecule has 0 aromatic heterocycles. The van der Waals surface area contributed by atoms with Gasteiger partial charge in [0.15, 0.2) is 5.75 Å². The van der Waals surface area contributed by atoms with E-state index in [1.807, 2.05) is 0 Å². The van der Waals surface area contributed by atoms with Gasteiger partial charge in [-0.3, -0.25) is 10.1 Å². The maximum Gasteiger partial charge on any atom is 0.311 e. The highest BCUT2D eigenvalue weighted by molar-refractivity contribution is 5.55. The summed E-state index contributed by atoms with van der Waals surface area (Å²) in [6.07, 6.45) is 1.56. The largest absolute Gasteiger partial charge is 0.490 e. The molecule has 0 heterocycles. The van der Waals surface area contributed by atoms with Gasteiger partial charge < -0.3 is 9.53 Å². The molecule has 5 heteroatoms. The van der Waals surface area contributed by atoms with Crippen molar-refractivity contribution in [2.24, 2.45) is 0 Å². The third-order valence-electron chi connectivity index (χ3n) is 2.01. The number of nitro benzene ring substituents is 1. The lowest BCUT2D eigenvalue weighted by Gasteiger charge is -2.06. The molecule has 0 N–H and O–H groups in total. The molecule has 0 aliphatic rings. The van der Waals surface area contributed by atoms with Crippen LogP contribution in [0.3, 0.4) is 0 Å². The van der Waals surface area contributed by atoms with E-state index >= 15 is 0 Å². The molecule has 1 aromatic rings. The quantitative estimate of drug-likeness (QED) is 0.420. The van der Waals surface area contributed by atoms with Gasteiger partial charge in [-0.1, -0.05) is 12.1 Å². The Kier molecular flexibility index (Phi) is 3.79. The Labute approximate surface area is 86.8 Å². The van der Waals surface area contributed by atoms with Crippen LogP contribution < -0.4 is 4.74 Å². The number of nitrogens with zero attached hydrogens (tertiary/aromatic N) is 1. The molecule has 0 amide bonds. The van der Waals surface area contributed by atoms with E-state index in [2.05, 4.69) is 0 Å². The van der Waals surface area contributed by atoms with E-state index in [0.717, 1.165) is 6.29 Å². The number of methoxy groups -OCH3 is 1. The fourth-order valence-corrected chi connectivity index (χ4v) is 1.36. The van der Waals surface area contributed by atoms with Crippen LogP contribution in [0.4, 0.5) is 5.69 Å². The van der Waals surface area contributed by atoms with Gasteiger partial charge >= 0.3 is 5.69 Å². The van der Waals surface area contributed by atoms with Crippen molar-refractivity contribution in [3.05, 3.63) is 33.9 Å². The molecule has 15 heavy (non-hydrogen) atoms. The molecule has 0 unspecified atom stereocenters. The third-order valence-corrected chi connectivity index (χ3v) is 2.01. The molecule has 1 aromatic carbocycles. The highest BCUT2D eigenvalue weighted by Crippen LogP contribution is 2.30. The van der Waals surface area contributed by atoms with Crippen molar-refractivity contribution in [1.29, 1.82) is 0 Å². The van der Waals surface area contributed by atoms with E-state index in [9.17, 15) is 14.9 Å². The molecule has 5 nitrogen and oxygen atoms in total. The number of carbonyl (C=O) groups is 1. The average Bonchev–Trinajstić information content (AvgIpc) is 2.25. The summed E-state index contributed by atoms with van der Waals surface area (Å²) in [6.45, 7) is 0. The zero-order valence-electron chi connectivity index (χ0n) is 8.30. The first-order valence-corrected chi connectivity index (χ1v) is 4.44. The van der Waals surface area contributed by atoms with Crippen molar-refractivity contribution < 1.29 is 14.5 Å². The summed E-state index contributed by atoms with van der Waals surface area (Å²) in [7, 11) is 1.38. The number of ether oxygens (including phenoxy) is 1. The first-order chi connectivity index (χ1) is 7.20. The van der Waals surface area contributed by atoms with E-state index in [1.54, 1.807) is 12.1 Å². The highest BCUT2D eigenvalue weighted by Gasteiger charge is 2.17. The second-order valence-corrected chi connectivity index (χ2v) is 2.93. The van der Waals surface area contributed by atoms with Crippen molar-refractivity contribution >= 4 is 12.0 Å². The van der Waals surface area contributed by atoms with Gasteiger partial charge in [0.05, 0.1) is 12.0 Å². The number of carbonyl (C=O) groups excluding carboxylic acids is 1. The van der Waals surface area contributed by atoms with E-state index < -0.39 is 4.92 Å². The van der Waals surface area contributed by atoms with Gasteiger partial charge in [-0.15, -0.1) is 0 Å². The molecule has 0 radical (unpaired) electrons. The number of nitro groups is 1. The van der Waals surface area contributed by atoms with Gasteiger partial charge in [0.2, 0.25) is 0 Å². The number of rotatable bonds is 5. The van der Waals surface area contributed by atoms with Gasteiger partial charge in [0.25, 0.3) is 0 Å². The van der Waals surface area contributed by atoms with E-state index in [1.165, 1.54) is 13.2 Å². The van der Waals surface area contributed by atoms with Crippen LogP contribution in [-0.4, -0.2) is 18.3 Å². The normalized spacial score (nSPS) is 9.67. The molecule has 0 saturated heterocycles. The maximum atomic E-state index is 10.7. The van der Waals surface area contributed by atoms with Crippen molar-refractivity contribution in [2.45, 2.75) is 12.8 Å². The smallest absolute Gasteiger partial charge is 0.311 e. The fourth-order valence-electron chi connectivity index (χ4n) is 1.36. The van der Waals surface area contributed by atoms with Crippen LogP contribution in [0.2, 0.25) is 0 Å². The number of aldehydes is 1. The second kappa shape index (κ2) is 5.09. The van der Waals surface area contributed by atoms with Gasteiger partial charge in [0.1, 0.15) is 6.29 Å². The van der Waals surface area contributed by atoms with Crippen LogP contribution in [-0.2, 0) is 11.2 Å². The van der Waals surface area contributed by atoms with E-state index in [4.69, 9.17) is 4.74 Å². The van der Waals surface area contributed by atoms with Gasteiger partial charge in [0, 0.05) is 18.1 Å². The minimum atomic E-state index is -0.497. The molecule has 0 aliphatic heterocycles. The van der Waals surface area contributed by atoms with E-state index in [0.29, 0.717) is 18.4 Å². The zero-order chi connectivity index (χ0) is 11.3. The molecular weight excluding hydrogens is 198 g/mol. The Bertz CT molecular complexity index is 376. The number of para-hydroxylation sites is 1. The lowest BCUT2D eigenvalue weighted by atomic mass is 10.1. The van der Waals surface area contributed by atoms with Crippen LogP contribution >= 0.6 is 0 Å². The predicted octanol–water partition coefficient (Wildman–Crippen LogP) is 1.73. The number of benzene rings is 1. The summed E-state index contributed by atoms with van der Waals surface area (Å²) in [5.41, 5.74) is 0.611. The lowest BCUT2D eigenvalue weighted by Crippen LogP contribution is -1.98. The van der Waals surface area contributed by atoms with Crippen molar-refractivity contribution in [3.63, 3.8) is 0 Å². The summed E-state index contributed by atoms with van der Waals surface area (Å²) in [4.78, 5) is 20.4. The summed E-state index contributed by atoms with van der Waals surface area (Å²) < 4.78 is 4.98. The third kappa shape index (κ3) is 2.52. The first-order valence-electron chi connectivity index (χ1n) is 4.44. The summed E-state index contributed by atoms with van der Waals surface area (Å²) in [5, 5.41) is 10.7. The summed E-state index contributed by atoms with van der Waals surface area (Å²) in [5.74, 6) is 0.240. The molecule has 0 fully saturated rings. The molecule has 0 atom stereocenters. The standard InChI is InChI=1S/C10H11NO4/c1-15-10-8(5-3-7-12)4-2-6-9(10)11(13)14/h2,4,6-7H,3,5H2,1H3. The highest BCUT2D eigenvalue weighted by atomic mass is 16.6. The minimum Gasteiger partial charge on any atom is -0.490 e. The van der Waals surface area contributed by atoms with Crippen molar-refractivity contribution in [1.82, 2.24) is 0 Å². The Hall–Kier alpha value is -1.91. The number of hydrogen-bond donors (Lipinski definition) is 0. The van der Waals surface area contributed by atoms with Crippen LogP contribution in [0.1, 0.15) is 12.0 Å². The van der Waals surface area contributed by atoms with Gasteiger partial charge in [-0.25, -0.2) is 0 Å². The molecular formula is C10H11NO4.